The predicted octanol–water partition coefficient (Wildman–Crippen LogP) is 0.307. The fourth-order valence-corrected chi connectivity index (χ4v) is 4.01. The number of para-hydroxylation sites is 1. The highest BCUT2D eigenvalue weighted by Gasteiger charge is 2.28. The molecule has 3 N–H and O–H groups in total. The third-order valence-electron chi connectivity index (χ3n) is 5.55. The van der Waals surface area contributed by atoms with Crippen molar-refractivity contribution >= 4 is 10.9 Å². The minimum atomic E-state index is -0.0143. The van der Waals surface area contributed by atoms with Gasteiger partial charge in [-0.25, -0.2) is 4.98 Å². The van der Waals surface area contributed by atoms with Gasteiger partial charge in [0.2, 0.25) is 0 Å². The molecule has 1 aliphatic rings. The maximum absolute atomic E-state index is 13.4. The van der Waals surface area contributed by atoms with E-state index < -0.39 is 0 Å². The molecule has 0 bridgehead atoms. The van der Waals surface area contributed by atoms with E-state index in [1.54, 1.807) is 4.57 Å². The molecule has 0 saturated carbocycles. The highest BCUT2D eigenvalue weighted by atomic mass is 16.5. The van der Waals surface area contributed by atoms with E-state index in [-0.39, 0.29) is 11.6 Å². The molecule has 146 valence electrons. The number of hydrogen-bond donors (Lipinski definition) is 2. The highest BCUT2D eigenvalue weighted by Crippen LogP contribution is 2.19. The monoisotopic (exact) mass is 380 g/mol. The van der Waals surface area contributed by atoms with Gasteiger partial charge in [-0.15, -0.1) is 0 Å². The Balaban J connectivity index is 1.86. The smallest absolute Gasteiger partial charge is 0.266 e. The van der Waals surface area contributed by atoms with Crippen LogP contribution in [0.15, 0.2) is 53.3 Å². The number of piperazine rings is 1. The molecule has 2 heterocycles. The van der Waals surface area contributed by atoms with E-state index in [0.717, 1.165) is 49.0 Å². The van der Waals surface area contributed by atoms with Crippen LogP contribution in [0.25, 0.3) is 16.6 Å². The third kappa shape index (κ3) is 3.53. The van der Waals surface area contributed by atoms with Gasteiger partial charge in [0.1, 0.15) is 38.0 Å². The molecule has 1 aliphatic heterocycles. The van der Waals surface area contributed by atoms with Gasteiger partial charge < -0.3 is 15.0 Å². The molecule has 0 unspecified atom stereocenters. The first-order valence-electron chi connectivity index (χ1n) is 10.1. The second kappa shape index (κ2) is 8.12. The van der Waals surface area contributed by atoms with Gasteiger partial charge in [-0.1, -0.05) is 12.1 Å². The molecule has 1 aromatic heterocycles. The normalized spacial score (nSPS) is 16.2. The van der Waals surface area contributed by atoms with Crippen molar-refractivity contribution in [2.45, 2.75) is 19.9 Å². The molecule has 0 aliphatic carbocycles. The van der Waals surface area contributed by atoms with Crippen LogP contribution in [0, 0.1) is 0 Å². The summed E-state index contributed by atoms with van der Waals surface area (Å²) in [6.45, 7) is 9.14. The van der Waals surface area contributed by atoms with Gasteiger partial charge in [0, 0.05) is 0 Å². The predicted molar refractivity (Wildman–Crippen MR) is 109 cm³/mol. The maximum Gasteiger partial charge on any atom is 0.266 e. The summed E-state index contributed by atoms with van der Waals surface area (Å²) in [5.41, 5.74) is 1.58. The number of nitrogens with one attached hydrogen (secondary N) is 1. The number of hydrogen-bond acceptors (Lipinski definition) is 3. The summed E-state index contributed by atoms with van der Waals surface area (Å²) in [5.74, 6) is 1.63. The van der Waals surface area contributed by atoms with Gasteiger partial charge >= 0.3 is 0 Å². The summed E-state index contributed by atoms with van der Waals surface area (Å²) in [5, 5.41) is 3.00. The van der Waals surface area contributed by atoms with E-state index in [1.807, 2.05) is 55.5 Å². The van der Waals surface area contributed by atoms with E-state index in [0.29, 0.717) is 12.0 Å². The lowest BCUT2D eigenvalue weighted by atomic mass is 10.1. The Morgan fingerprint density at radius 1 is 1.14 bits per heavy atom. The van der Waals surface area contributed by atoms with Gasteiger partial charge in [0.15, 0.2) is 5.82 Å². The molecular weight excluding hydrogens is 352 g/mol. The quantitative estimate of drug-likeness (QED) is 0.670. The Morgan fingerprint density at radius 3 is 2.57 bits per heavy atom. The van der Waals surface area contributed by atoms with Crippen molar-refractivity contribution in [3.8, 4) is 11.4 Å². The van der Waals surface area contributed by atoms with Crippen LogP contribution in [0.1, 0.15) is 25.7 Å². The Labute approximate surface area is 164 Å². The highest BCUT2D eigenvalue weighted by molar-refractivity contribution is 5.77. The van der Waals surface area contributed by atoms with Crippen LogP contribution in [0.2, 0.25) is 0 Å². The lowest BCUT2D eigenvalue weighted by molar-refractivity contribution is -0.971. The number of nitrogens with two attached hydrogens (primary N) is 1. The second-order valence-corrected chi connectivity index (χ2v) is 7.30. The first kappa shape index (κ1) is 18.7. The van der Waals surface area contributed by atoms with Crippen molar-refractivity contribution in [3.05, 3.63) is 64.7 Å². The summed E-state index contributed by atoms with van der Waals surface area (Å²) >= 11 is 0. The average Bonchev–Trinajstić information content (AvgIpc) is 2.75. The number of quaternary nitrogens is 2. The van der Waals surface area contributed by atoms with E-state index in [9.17, 15) is 4.79 Å². The van der Waals surface area contributed by atoms with Crippen molar-refractivity contribution in [1.29, 1.82) is 0 Å². The van der Waals surface area contributed by atoms with E-state index in [4.69, 9.17) is 9.72 Å². The minimum absolute atomic E-state index is 0.0143. The molecule has 2 aromatic carbocycles. The van der Waals surface area contributed by atoms with Crippen molar-refractivity contribution < 1.29 is 15.0 Å². The number of ether oxygens (including phenoxy) is 1. The molecule has 6 nitrogen and oxygen atoms in total. The Hall–Kier alpha value is -2.70. The summed E-state index contributed by atoms with van der Waals surface area (Å²) in [7, 11) is 0. The fraction of sp³-hybridized carbons (Fsp3) is 0.364. The SMILES string of the molecule is CCOc1ccc(-n2c([C@@H](C)[NH+]3CC[NH2+]CC3)nc3ccccc3c2=O)cc1. The molecule has 0 amide bonds. The number of benzene rings is 2. The lowest BCUT2D eigenvalue weighted by Crippen LogP contribution is -3.20. The van der Waals surface area contributed by atoms with E-state index in [1.165, 1.54) is 4.90 Å². The van der Waals surface area contributed by atoms with Gasteiger partial charge in [-0.2, -0.15) is 0 Å². The molecule has 3 aromatic rings. The van der Waals surface area contributed by atoms with Crippen molar-refractivity contribution in [3.63, 3.8) is 0 Å². The van der Waals surface area contributed by atoms with Gasteiger partial charge in [-0.05, 0) is 50.2 Å². The van der Waals surface area contributed by atoms with Crippen molar-refractivity contribution in [2.75, 3.05) is 32.8 Å². The van der Waals surface area contributed by atoms with Crippen LogP contribution in [-0.2, 0) is 0 Å². The Bertz CT molecular complexity index is 1010. The fourth-order valence-electron chi connectivity index (χ4n) is 4.01. The zero-order valence-electron chi connectivity index (χ0n) is 16.5. The van der Waals surface area contributed by atoms with Crippen LogP contribution < -0.4 is 20.5 Å². The van der Waals surface area contributed by atoms with E-state index >= 15 is 0 Å². The maximum atomic E-state index is 13.4. The zero-order valence-corrected chi connectivity index (χ0v) is 16.5. The topological polar surface area (TPSA) is 65.2 Å². The molecular formula is C22H28N4O2+2. The minimum Gasteiger partial charge on any atom is -0.494 e. The number of rotatable bonds is 5. The Kier molecular flexibility index (Phi) is 5.41. The standard InChI is InChI=1S/C22H26N4O2/c1-3-28-18-10-8-17(9-11-18)26-21(16(2)25-14-12-23-13-15-25)24-20-7-5-4-6-19(20)22(26)27/h4-11,16,23H,3,12-15H2,1-2H3/p+2/t16-/m1/s1. The number of fused-ring (bicyclic) bond motifs is 1. The zero-order chi connectivity index (χ0) is 19.5. The van der Waals surface area contributed by atoms with Crippen LogP contribution in [0.5, 0.6) is 5.75 Å². The molecule has 0 spiro atoms. The summed E-state index contributed by atoms with van der Waals surface area (Å²) in [6.07, 6.45) is 0. The average molecular weight is 380 g/mol. The van der Waals surface area contributed by atoms with Crippen LogP contribution in [0.3, 0.4) is 0 Å². The number of aromatic nitrogens is 2. The third-order valence-corrected chi connectivity index (χ3v) is 5.55. The van der Waals surface area contributed by atoms with Gasteiger partial charge in [0.25, 0.3) is 5.56 Å². The van der Waals surface area contributed by atoms with Gasteiger partial charge in [0.05, 0.1) is 23.2 Å². The summed E-state index contributed by atoms with van der Waals surface area (Å²) in [4.78, 5) is 19.8. The first-order chi connectivity index (χ1) is 13.7. The van der Waals surface area contributed by atoms with Crippen molar-refractivity contribution in [1.82, 2.24) is 9.55 Å². The summed E-state index contributed by atoms with van der Waals surface area (Å²) < 4.78 is 7.35. The van der Waals surface area contributed by atoms with Crippen molar-refractivity contribution in [2.24, 2.45) is 0 Å². The molecule has 0 radical (unpaired) electrons. The molecule has 1 fully saturated rings. The lowest BCUT2D eigenvalue weighted by Gasteiger charge is -2.29. The molecule has 4 rings (SSSR count). The molecule has 6 heteroatoms. The molecule has 1 atom stereocenters. The summed E-state index contributed by atoms with van der Waals surface area (Å²) in [6, 6.07) is 15.5. The van der Waals surface area contributed by atoms with Gasteiger partial charge in [-0.3, -0.25) is 9.36 Å². The first-order valence-corrected chi connectivity index (χ1v) is 10.1. The van der Waals surface area contributed by atoms with Crippen LogP contribution >= 0.6 is 0 Å². The van der Waals surface area contributed by atoms with Crippen LogP contribution in [0.4, 0.5) is 0 Å². The molecule has 1 saturated heterocycles. The Morgan fingerprint density at radius 2 is 1.86 bits per heavy atom. The number of nitrogens with zero attached hydrogens (tertiary/aromatic N) is 2. The largest absolute Gasteiger partial charge is 0.494 e. The molecule has 28 heavy (non-hydrogen) atoms. The van der Waals surface area contributed by atoms with E-state index in [2.05, 4.69) is 12.2 Å². The van der Waals surface area contributed by atoms with Crippen LogP contribution in [-0.4, -0.2) is 42.3 Å². The second-order valence-electron chi connectivity index (χ2n) is 7.30.